The summed E-state index contributed by atoms with van der Waals surface area (Å²) >= 11 is 5.74. The van der Waals surface area contributed by atoms with Gasteiger partial charge in [-0.15, -0.1) is 0 Å². The molecule has 112 valence electrons. The first-order valence-corrected chi connectivity index (χ1v) is 5.88. The van der Waals surface area contributed by atoms with Crippen LogP contribution in [0.1, 0.15) is 11.3 Å². The van der Waals surface area contributed by atoms with Gasteiger partial charge in [-0.3, -0.25) is 4.98 Å². The molecule has 8 heteroatoms. The fraction of sp³-hybridized carbons (Fsp3) is 0.154. The van der Waals surface area contributed by atoms with Crippen LogP contribution in [0.3, 0.4) is 0 Å². The van der Waals surface area contributed by atoms with Gasteiger partial charge < -0.3 is 0 Å². The van der Waals surface area contributed by atoms with Gasteiger partial charge in [0.05, 0.1) is 10.6 Å². The molecule has 0 N–H and O–H groups in total. The summed E-state index contributed by atoms with van der Waals surface area (Å²) < 4.78 is 76.0. The van der Waals surface area contributed by atoms with E-state index < -0.39 is 29.2 Å². The molecule has 1 nitrogen and oxygen atoms in total. The van der Waals surface area contributed by atoms with E-state index in [1.54, 1.807) is 0 Å². The summed E-state index contributed by atoms with van der Waals surface area (Å²) in [4.78, 5) is 3.23. The zero-order valence-electron chi connectivity index (χ0n) is 10.1. The maximum atomic E-state index is 12.9. The average molecular weight is 326 g/mol. The number of rotatable bonds is 1. The van der Waals surface area contributed by atoms with Gasteiger partial charge in [0.2, 0.25) is 0 Å². The number of alkyl halides is 6. The van der Waals surface area contributed by atoms with Gasteiger partial charge in [-0.2, -0.15) is 26.3 Å². The molecule has 0 saturated carbocycles. The van der Waals surface area contributed by atoms with E-state index in [0.29, 0.717) is 12.1 Å². The third kappa shape index (κ3) is 3.29. The predicted molar refractivity (Wildman–Crippen MR) is 64.7 cm³/mol. The Morgan fingerprint density at radius 1 is 0.810 bits per heavy atom. The summed E-state index contributed by atoms with van der Waals surface area (Å²) in [5.41, 5.74) is -2.73. The van der Waals surface area contributed by atoms with Crippen molar-refractivity contribution in [2.75, 3.05) is 0 Å². The molecule has 0 bridgehead atoms. The van der Waals surface area contributed by atoms with Crippen molar-refractivity contribution in [1.82, 2.24) is 4.98 Å². The van der Waals surface area contributed by atoms with Gasteiger partial charge in [0.25, 0.3) is 0 Å². The minimum absolute atomic E-state index is 0.0894. The topological polar surface area (TPSA) is 12.9 Å². The van der Waals surface area contributed by atoms with Crippen LogP contribution in [-0.2, 0) is 12.4 Å². The Labute approximate surface area is 120 Å². The maximum Gasteiger partial charge on any atom is 0.434 e. The van der Waals surface area contributed by atoms with E-state index in [1.807, 2.05) is 0 Å². The highest BCUT2D eigenvalue weighted by Crippen LogP contribution is 2.40. The number of halogens is 7. The van der Waals surface area contributed by atoms with Crippen LogP contribution in [0.25, 0.3) is 11.1 Å². The van der Waals surface area contributed by atoms with E-state index in [9.17, 15) is 26.3 Å². The number of pyridine rings is 1. The fourth-order valence-corrected chi connectivity index (χ4v) is 2.01. The molecule has 1 aromatic carbocycles. The Morgan fingerprint density at radius 2 is 1.38 bits per heavy atom. The zero-order valence-corrected chi connectivity index (χ0v) is 10.8. The van der Waals surface area contributed by atoms with Crippen molar-refractivity contribution in [1.29, 1.82) is 0 Å². The number of hydrogen-bond donors (Lipinski definition) is 0. The molecule has 0 aliphatic rings. The van der Waals surface area contributed by atoms with Crippen LogP contribution in [-0.4, -0.2) is 4.98 Å². The number of aromatic nitrogens is 1. The molecule has 0 radical (unpaired) electrons. The van der Waals surface area contributed by atoms with E-state index in [4.69, 9.17) is 11.6 Å². The fourth-order valence-electron chi connectivity index (χ4n) is 1.75. The van der Waals surface area contributed by atoms with Crippen LogP contribution in [0.4, 0.5) is 26.3 Å². The van der Waals surface area contributed by atoms with Crippen molar-refractivity contribution in [3.05, 3.63) is 52.8 Å². The standard InChI is InChI=1S/C13H6ClF6N/c14-9-5-6-21-11(13(18,19)20)10(9)7-1-3-8(4-2-7)12(15,16)17/h1-6H. The van der Waals surface area contributed by atoms with E-state index in [1.165, 1.54) is 0 Å². The lowest BCUT2D eigenvalue weighted by molar-refractivity contribution is -0.140. The van der Waals surface area contributed by atoms with Crippen LogP contribution in [0.5, 0.6) is 0 Å². The molecule has 0 amide bonds. The van der Waals surface area contributed by atoms with Crippen molar-refractivity contribution in [2.45, 2.75) is 12.4 Å². The lowest BCUT2D eigenvalue weighted by Gasteiger charge is -2.14. The van der Waals surface area contributed by atoms with Gasteiger partial charge in [0, 0.05) is 11.8 Å². The van der Waals surface area contributed by atoms with Crippen LogP contribution in [0, 0.1) is 0 Å². The van der Waals surface area contributed by atoms with Gasteiger partial charge >= 0.3 is 12.4 Å². The van der Waals surface area contributed by atoms with Crippen molar-refractivity contribution in [2.24, 2.45) is 0 Å². The van der Waals surface area contributed by atoms with E-state index >= 15 is 0 Å². The first kappa shape index (κ1) is 15.6. The lowest BCUT2D eigenvalue weighted by Crippen LogP contribution is -2.10. The molecule has 2 aromatic rings. The minimum atomic E-state index is -4.76. The third-order valence-corrected chi connectivity index (χ3v) is 2.98. The summed E-state index contributed by atoms with van der Waals surface area (Å²) in [5.74, 6) is 0. The highest BCUT2D eigenvalue weighted by molar-refractivity contribution is 6.33. The Kier molecular flexibility index (Phi) is 3.88. The summed E-state index contributed by atoms with van der Waals surface area (Å²) in [7, 11) is 0. The molecule has 1 heterocycles. The van der Waals surface area contributed by atoms with E-state index in [2.05, 4.69) is 4.98 Å². The van der Waals surface area contributed by atoms with Gasteiger partial charge in [0.1, 0.15) is 0 Å². The van der Waals surface area contributed by atoms with Crippen LogP contribution in [0.2, 0.25) is 5.02 Å². The molecule has 0 atom stereocenters. The van der Waals surface area contributed by atoms with E-state index in [-0.39, 0.29) is 10.6 Å². The quantitative estimate of drug-likeness (QED) is 0.636. The summed E-state index contributed by atoms with van der Waals surface area (Å²) in [6.07, 6.45) is -8.44. The molecule has 0 unspecified atom stereocenters. The zero-order chi connectivity index (χ0) is 15.8. The first-order chi connectivity index (χ1) is 9.60. The molecule has 2 rings (SSSR count). The second-order valence-corrected chi connectivity index (χ2v) is 4.50. The Hall–Kier alpha value is -1.76. The van der Waals surface area contributed by atoms with Crippen LogP contribution in [0.15, 0.2) is 36.5 Å². The Morgan fingerprint density at radius 3 is 1.86 bits per heavy atom. The third-order valence-electron chi connectivity index (χ3n) is 2.67. The normalized spacial score (nSPS) is 12.5. The second kappa shape index (κ2) is 5.22. The average Bonchev–Trinajstić information content (AvgIpc) is 2.36. The highest BCUT2D eigenvalue weighted by Gasteiger charge is 2.37. The van der Waals surface area contributed by atoms with Gasteiger partial charge in [-0.1, -0.05) is 23.7 Å². The largest absolute Gasteiger partial charge is 0.434 e. The lowest BCUT2D eigenvalue weighted by atomic mass is 10.0. The summed E-state index contributed by atoms with van der Waals surface area (Å²) in [6.45, 7) is 0. The maximum absolute atomic E-state index is 12.9. The SMILES string of the molecule is FC(F)(F)c1ccc(-c2c(Cl)ccnc2C(F)(F)F)cc1. The Bertz CT molecular complexity index is 645. The molecular formula is C13H6ClF6N. The second-order valence-electron chi connectivity index (χ2n) is 4.09. The summed E-state index contributed by atoms with van der Waals surface area (Å²) in [5, 5.41) is -0.239. The molecule has 0 fully saturated rings. The van der Waals surface area contributed by atoms with Crippen LogP contribution >= 0.6 is 11.6 Å². The first-order valence-electron chi connectivity index (χ1n) is 5.50. The smallest absolute Gasteiger partial charge is 0.251 e. The van der Waals surface area contributed by atoms with Gasteiger partial charge in [-0.25, -0.2) is 0 Å². The van der Waals surface area contributed by atoms with Crippen molar-refractivity contribution < 1.29 is 26.3 Å². The molecule has 0 saturated heterocycles. The minimum Gasteiger partial charge on any atom is -0.251 e. The molecule has 21 heavy (non-hydrogen) atoms. The van der Waals surface area contributed by atoms with Crippen molar-refractivity contribution in [3.8, 4) is 11.1 Å². The molecule has 0 spiro atoms. The molecule has 0 aliphatic heterocycles. The summed E-state index contributed by atoms with van der Waals surface area (Å²) in [6, 6.07) is 4.39. The van der Waals surface area contributed by atoms with Crippen LogP contribution < -0.4 is 0 Å². The number of nitrogens with zero attached hydrogens (tertiary/aromatic N) is 1. The number of benzene rings is 1. The van der Waals surface area contributed by atoms with Crippen molar-refractivity contribution >= 4 is 11.6 Å². The van der Waals surface area contributed by atoms with Crippen molar-refractivity contribution in [3.63, 3.8) is 0 Å². The van der Waals surface area contributed by atoms with Gasteiger partial charge in [0.15, 0.2) is 5.69 Å². The van der Waals surface area contributed by atoms with Gasteiger partial charge in [-0.05, 0) is 23.8 Å². The molecule has 0 aliphatic carbocycles. The van der Waals surface area contributed by atoms with E-state index in [0.717, 1.165) is 24.4 Å². The monoisotopic (exact) mass is 325 g/mol. The Balaban J connectivity index is 2.57. The molecular weight excluding hydrogens is 320 g/mol. The number of hydrogen-bond acceptors (Lipinski definition) is 1. The predicted octanol–water partition coefficient (Wildman–Crippen LogP) is 5.44. The highest BCUT2D eigenvalue weighted by atomic mass is 35.5. The molecule has 1 aromatic heterocycles.